The van der Waals surface area contributed by atoms with Crippen LogP contribution in [-0.4, -0.2) is 70.0 Å². The smallest absolute Gasteiger partial charge is 0.306 e. The van der Waals surface area contributed by atoms with Crippen LogP contribution in [0.1, 0.15) is 271 Å². The van der Waals surface area contributed by atoms with Crippen LogP contribution in [0.2, 0.25) is 0 Å². The molecular weight excluding hydrogens is 990 g/mol. The summed E-state index contributed by atoms with van der Waals surface area (Å²) in [6, 6.07) is 0. The molecule has 0 radical (unpaired) electrons. The molecule has 0 bridgehead atoms. The minimum Gasteiger partial charge on any atom is -0.756 e. The van der Waals surface area contributed by atoms with Gasteiger partial charge in [-0.2, -0.15) is 0 Å². The summed E-state index contributed by atoms with van der Waals surface area (Å²) >= 11 is 0. The van der Waals surface area contributed by atoms with Crippen molar-refractivity contribution in [3.63, 3.8) is 0 Å². The number of nitrogens with zero attached hydrogens (tertiary/aromatic N) is 1. The van der Waals surface area contributed by atoms with E-state index in [1.165, 1.54) is 141 Å². The zero-order valence-electron chi connectivity index (χ0n) is 51.1. The number of unbranched alkanes of at least 4 members (excludes halogenated alkanes) is 28. The predicted octanol–water partition coefficient (Wildman–Crippen LogP) is 19.7. The maximum Gasteiger partial charge on any atom is 0.306 e. The number of carbonyl (C=O) groups excluding carboxylic acids is 2. The molecular formula is C68H120NO8P. The molecule has 0 aromatic rings. The Morgan fingerprint density at radius 3 is 1.09 bits per heavy atom. The average molecular weight is 1110 g/mol. The number of esters is 2. The van der Waals surface area contributed by atoms with Crippen molar-refractivity contribution in [1.29, 1.82) is 0 Å². The molecule has 78 heavy (non-hydrogen) atoms. The van der Waals surface area contributed by atoms with Gasteiger partial charge in [-0.1, -0.05) is 278 Å². The Bertz CT molecular complexity index is 1640. The third-order valence-electron chi connectivity index (χ3n) is 13.6. The highest BCUT2D eigenvalue weighted by molar-refractivity contribution is 7.45. The molecule has 0 aliphatic rings. The molecule has 10 heteroatoms. The zero-order chi connectivity index (χ0) is 57.0. The number of phosphoric ester groups is 1. The molecule has 0 aromatic heterocycles. The van der Waals surface area contributed by atoms with Crippen LogP contribution in [0.15, 0.2) is 97.2 Å². The molecule has 0 aliphatic heterocycles. The van der Waals surface area contributed by atoms with Gasteiger partial charge in [0.15, 0.2) is 6.10 Å². The second-order valence-electron chi connectivity index (χ2n) is 22.4. The summed E-state index contributed by atoms with van der Waals surface area (Å²) in [6.07, 6.45) is 80.4. The molecule has 0 amide bonds. The van der Waals surface area contributed by atoms with Crippen molar-refractivity contribution in [1.82, 2.24) is 0 Å². The van der Waals surface area contributed by atoms with Crippen molar-refractivity contribution in [3.05, 3.63) is 97.2 Å². The summed E-state index contributed by atoms with van der Waals surface area (Å²) in [5, 5.41) is 0. The van der Waals surface area contributed by atoms with Gasteiger partial charge in [-0.05, 0) is 77.0 Å². The van der Waals surface area contributed by atoms with Gasteiger partial charge >= 0.3 is 11.9 Å². The summed E-state index contributed by atoms with van der Waals surface area (Å²) in [6.45, 7) is 4.12. The minimum atomic E-state index is -4.65. The van der Waals surface area contributed by atoms with E-state index in [1.807, 2.05) is 21.1 Å². The number of quaternary nitrogens is 1. The van der Waals surface area contributed by atoms with Crippen LogP contribution in [0.3, 0.4) is 0 Å². The summed E-state index contributed by atoms with van der Waals surface area (Å²) < 4.78 is 34.2. The summed E-state index contributed by atoms with van der Waals surface area (Å²) in [4.78, 5) is 38.0. The molecule has 0 N–H and O–H groups in total. The van der Waals surface area contributed by atoms with Crippen molar-refractivity contribution < 1.29 is 42.1 Å². The number of ether oxygens (including phenoxy) is 2. The molecule has 0 saturated heterocycles. The van der Waals surface area contributed by atoms with Crippen LogP contribution in [0.25, 0.3) is 0 Å². The predicted molar refractivity (Wildman–Crippen MR) is 332 cm³/mol. The molecule has 0 aromatic carbocycles. The Kier molecular flexibility index (Phi) is 56.3. The van der Waals surface area contributed by atoms with Gasteiger partial charge in [0.05, 0.1) is 27.7 Å². The fourth-order valence-electron chi connectivity index (χ4n) is 8.73. The Balaban J connectivity index is 4.19. The van der Waals surface area contributed by atoms with E-state index in [9.17, 15) is 19.0 Å². The quantitative estimate of drug-likeness (QED) is 0.0195. The molecule has 0 aliphatic carbocycles. The molecule has 0 heterocycles. The number of carbonyl (C=O) groups is 2. The Morgan fingerprint density at radius 2 is 0.731 bits per heavy atom. The molecule has 0 rings (SSSR count). The van der Waals surface area contributed by atoms with E-state index in [-0.39, 0.29) is 32.0 Å². The third-order valence-corrected chi connectivity index (χ3v) is 14.6. The standard InChI is InChI=1S/C68H120NO8P/c1-6-8-10-12-14-16-18-20-22-24-26-28-30-32-33-34-35-37-39-41-43-45-47-49-51-53-55-57-59-61-68(71)77-66(65-76-78(72,73)75-63-62-69(3,4)5)64-74-67(70)60-58-56-54-52-50-48-46-44-42-40-38-36-31-29-27-25-23-21-19-17-15-13-11-9-7-2/h8,10,14,16,20,22,26,28,32-33,35,37,41,43,47,49,66H,6-7,9,11-13,15,17-19,21,23-25,27,29-31,34,36,38-40,42,44-46,48,50-65H2,1-5H3/b10-8-,16-14-,22-20-,28-26-,33-32-,37-35-,43-41-,49-47-. The lowest BCUT2D eigenvalue weighted by molar-refractivity contribution is -0.870. The average Bonchev–Trinajstić information content (AvgIpc) is 3.41. The van der Waals surface area contributed by atoms with Gasteiger partial charge in [0.2, 0.25) is 0 Å². The van der Waals surface area contributed by atoms with Crippen LogP contribution >= 0.6 is 7.82 Å². The number of phosphoric acid groups is 1. The largest absolute Gasteiger partial charge is 0.756 e. The van der Waals surface area contributed by atoms with E-state index in [0.29, 0.717) is 17.4 Å². The molecule has 9 nitrogen and oxygen atoms in total. The molecule has 2 unspecified atom stereocenters. The molecule has 0 spiro atoms. The molecule has 2 atom stereocenters. The van der Waals surface area contributed by atoms with Crippen LogP contribution < -0.4 is 4.89 Å². The van der Waals surface area contributed by atoms with Gasteiger partial charge in [-0.15, -0.1) is 0 Å². The summed E-state index contributed by atoms with van der Waals surface area (Å²) in [5.41, 5.74) is 0. The van der Waals surface area contributed by atoms with Crippen LogP contribution in [0.5, 0.6) is 0 Å². The zero-order valence-corrected chi connectivity index (χ0v) is 52.0. The number of hydrogen-bond acceptors (Lipinski definition) is 8. The monoisotopic (exact) mass is 1110 g/mol. The highest BCUT2D eigenvalue weighted by Crippen LogP contribution is 2.38. The van der Waals surface area contributed by atoms with Gasteiger partial charge in [0.1, 0.15) is 19.8 Å². The Labute approximate surface area is 481 Å². The van der Waals surface area contributed by atoms with Crippen LogP contribution in [0.4, 0.5) is 0 Å². The van der Waals surface area contributed by atoms with Gasteiger partial charge in [0.25, 0.3) is 7.82 Å². The first-order valence-corrected chi connectivity index (χ1v) is 33.4. The fourth-order valence-corrected chi connectivity index (χ4v) is 9.46. The Hall–Kier alpha value is -3.07. The first kappa shape index (κ1) is 74.9. The van der Waals surface area contributed by atoms with Gasteiger partial charge in [-0.25, -0.2) is 0 Å². The summed E-state index contributed by atoms with van der Waals surface area (Å²) in [5.74, 6) is -0.858. The normalized spacial score (nSPS) is 13.9. The first-order chi connectivity index (χ1) is 38.0. The van der Waals surface area contributed by atoms with E-state index in [0.717, 1.165) is 96.3 Å². The van der Waals surface area contributed by atoms with Gasteiger partial charge < -0.3 is 27.9 Å². The van der Waals surface area contributed by atoms with E-state index in [1.54, 1.807) is 0 Å². The highest BCUT2D eigenvalue weighted by Gasteiger charge is 2.22. The molecule has 0 saturated carbocycles. The first-order valence-electron chi connectivity index (χ1n) is 31.9. The molecule has 0 fully saturated rings. The lowest BCUT2D eigenvalue weighted by Gasteiger charge is -2.28. The maximum absolute atomic E-state index is 12.8. The van der Waals surface area contributed by atoms with Crippen molar-refractivity contribution in [2.75, 3.05) is 47.5 Å². The second-order valence-corrected chi connectivity index (χ2v) is 23.8. The van der Waals surface area contributed by atoms with E-state index in [2.05, 4.69) is 111 Å². The third kappa shape index (κ3) is 62.1. The lowest BCUT2D eigenvalue weighted by Crippen LogP contribution is -2.37. The van der Waals surface area contributed by atoms with Crippen molar-refractivity contribution in [3.8, 4) is 0 Å². The lowest BCUT2D eigenvalue weighted by atomic mass is 10.0. The minimum absolute atomic E-state index is 0.0398. The van der Waals surface area contributed by atoms with Crippen LogP contribution in [-0.2, 0) is 32.7 Å². The van der Waals surface area contributed by atoms with E-state index in [4.69, 9.17) is 18.5 Å². The fraction of sp³-hybridized carbons (Fsp3) is 0.735. The van der Waals surface area contributed by atoms with E-state index >= 15 is 0 Å². The highest BCUT2D eigenvalue weighted by atomic mass is 31.2. The molecule has 450 valence electrons. The number of allylic oxidation sites excluding steroid dienone is 16. The second kappa shape index (κ2) is 58.6. The number of likely N-dealkylation sites (N-methyl/N-ethyl adjacent to an activating group) is 1. The topological polar surface area (TPSA) is 111 Å². The van der Waals surface area contributed by atoms with Crippen LogP contribution in [0, 0.1) is 0 Å². The van der Waals surface area contributed by atoms with Gasteiger partial charge in [0, 0.05) is 12.8 Å². The van der Waals surface area contributed by atoms with Gasteiger partial charge in [-0.3, -0.25) is 14.2 Å². The SMILES string of the molecule is CC/C=C\C/C=C\C/C=C\C/C=C\C/C=C\C/C=C\C/C=C\C/C=C\CCCCCCC(=O)OC(COC(=O)CCCCCCCCCCCCCCCCCCCCCCCCCCC)COP(=O)([O-])OCC[N+](C)(C)C. The van der Waals surface area contributed by atoms with E-state index < -0.39 is 26.5 Å². The van der Waals surface area contributed by atoms with Crippen molar-refractivity contribution in [2.45, 2.75) is 277 Å². The maximum atomic E-state index is 12.8. The Morgan fingerprint density at radius 1 is 0.410 bits per heavy atom. The number of rotatable bonds is 58. The summed E-state index contributed by atoms with van der Waals surface area (Å²) in [7, 11) is 1.14. The van der Waals surface area contributed by atoms with Crippen molar-refractivity contribution >= 4 is 19.8 Å². The number of hydrogen-bond donors (Lipinski definition) is 0. The van der Waals surface area contributed by atoms with Crippen molar-refractivity contribution in [2.24, 2.45) is 0 Å².